The summed E-state index contributed by atoms with van der Waals surface area (Å²) >= 11 is 3.42. The zero-order valence-electron chi connectivity index (χ0n) is 16.1. The Morgan fingerprint density at radius 3 is 2.50 bits per heavy atom. The fourth-order valence-electron chi connectivity index (χ4n) is 3.57. The van der Waals surface area contributed by atoms with Gasteiger partial charge in [-0.1, -0.05) is 18.2 Å². The van der Waals surface area contributed by atoms with Crippen LogP contribution in [0, 0.1) is 25.6 Å². The number of aryl methyl sites for hydroxylation is 2. The largest absolute Gasteiger partial charge is 0.465 e. The van der Waals surface area contributed by atoms with E-state index < -0.39 is 0 Å². The van der Waals surface area contributed by atoms with Crippen molar-refractivity contribution in [2.75, 3.05) is 19.6 Å². The van der Waals surface area contributed by atoms with Crippen LogP contribution in [0.2, 0.25) is 0 Å². The van der Waals surface area contributed by atoms with Crippen molar-refractivity contribution in [1.29, 1.82) is 0 Å². The van der Waals surface area contributed by atoms with Crippen molar-refractivity contribution >= 4 is 27.7 Å². The Morgan fingerprint density at radius 1 is 1.21 bits per heavy atom. The van der Waals surface area contributed by atoms with Gasteiger partial charge in [-0.25, -0.2) is 4.39 Å². The Labute approximate surface area is 172 Å². The third kappa shape index (κ3) is 4.46. The van der Waals surface area contributed by atoms with Crippen LogP contribution in [0.5, 0.6) is 0 Å². The highest BCUT2D eigenvalue weighted by Gasteiger charge is 2.30. The van der Waals surface area contributed by atoms with Crippen LogP contribution in [0.15, 0.2) is 33.2 Å². The molecule has 1 aliphatic rings. The van der Waals surface area contributed by atoms with E-state index in [9.17, 15) is 14.0 Å². The molecule has 1 saturated heterocycles. The third-order valence-electron chi connectivity index (χ3n) is 5.21. The second-order valence-electron chi connectivity index (χ2n) is 7.10. The molecule has 0 unspecified atom stereocenters. The Morgan fingerprint density at radius 2 is 1.89 bits per heavy atom. The molecule has 3 rings (SSSR count). The van der Waals surface area contributed by atoms with E-state index in [-0.39, 0.29) is 23.5 Å². The normalized spacial score (nSPS) is 14.9. The standard InChI is InChI=1S/C21H24BrFN2O3/c1-13-18(19(22)14(2)28-13)21(27)25-11-8-16(9-12-25)20(26)24-10-7-15-5-3-4-6-17(15)23/h3-6,16H,7-12H2,1-2H3,(H,24,26). The first-order valence-corrected chi connectivity index (χ1v) is 10.2. The molecule has 150 valence electrons. The molecular formula is C21H24BrFN2O3. The SMILES string of the molecule is Cc1oc(C)c(C(=O)N2CCC(C(=O)NCCc3ccccc3F)CC2)c1Br. The summed E-state index contributed by atoms with van der Waals surface area (Å²) in [4.78, 5) is 27.0. The van der Waals surface area contributed by atoms with Crippen molar-refractivity contribution in [2.45, 2.75) is 33.1 Å². The van der Waals surface area contributed by atoms with Crippen LogP contribution in [0.3, 0.4) is 0 Å². The van der Waals surface area contributed by atoms with Crippen molar-refractivity contribution in [3.05, 3.63) is 57.2 Å². The molecule has 28 heavy (non-hydrogen) atoms. The second kappa shape index (κ2) is 8.90. The van der Waals surface area contributed by atoms with Gasteiger partial charge in [-0.2, -0.15) is 0 Å². The third-order valence-corrected chi connectivity index (χ3v) is 6.16. The lowest BCUT2D eigenvalue weighted by atomic mass is 9.95. The number of carbonyl (C=O) groups is 2. The number of hydrogen-bond donors (Lipinski definition) is 1. The number of furan rings is 1. The lowest BCUT2D eigenvalue weighted by Crippen LogP contribution is -2.43. The summed E-state index contributed by atoms with van der Waals surface area (Å²) in [5, 5.41) is 2.89. The van der Waals surface area contributed by atoms with E-state index in [1.807, 2.05) is 6.92 Å². The van der Waals surface area contributed by atoms with Gasteiger partial charge in [0.25, 0.3) is 5.91 Å². The molecular weight excluding hydrogens is 427 g/mol. The number of likely N-dealkylation sites (tertiary alicyclic amines) is 1. The van der Waals surface area contributed by atoms with Crippen molar-refractivity contribution in [2.24, 2.45) is 5.92 Å². The summed E-state index contributed by atoms with van der Waals surface area (Å²) in [7, 11) is 0. The summed E-state index contributed by atoms with van der Waals surface area (Å²) < 4.78 is 19.8. The fraction of sp³-hybridized carbons (Fsp3) is 0.429. The maximum atomic E-state index is 13.6. The molecule has 7 heteroatoms. The van der Waals surface area contributed by atoms with Crippen molar-refractivity contribution in [3.63, 3.8) is 0 Å². The number of nitrogens with one attached hydrogen (secondary N) is 1. The van der Waals surface area contributed by atoms with Crippen LogP contribution >= 0.6 is 15.9 Å². The molecule has 2 heterocycles. The average Bonchev–Trinajstić information content (AvgIpc) is 2.94. The molecule has 1 aromatic heterocycles. The Kier molecular flexibility index (Phi) is 6.54. The van der Waals surface area contributed by atoms with Crippen LogP contribution in [0.4, 0.5) is 4.39 Å². The van der Waals surface area contributed by atoms with E-state index in [1.165, 1.54) is 6.07 Å². The first-order valence-electron chi connectivity index (χ1n) is 9.44. The summed E-state index contributed by atoms with van der Waals surface area (Å²) in [6, 6.07) is 6.58. The molecule has 1 aliphatic heterocycles. The van der Waals surface area contributed by atoms with Crippen LogP contribution < -0.4 is 5.32 Å². The predicted molar refractivity (Wildman–Crippen MR) is 108 cm³/mol. The Balaban J connectivity index is 1.49. The highest BCUT2D eigenvalue weighted by Crippen LogP contribution is 2.30. The van der Waals surface area contributed by atoms with E-state index in [1.54, 1.807) is 30.0 Å². The predicted octanol–water partition coefficient (Wildman–Crippen LogP) is 4.01. The number of rotatable bonds is 5. The Hall–Kier alpha value is -2.15. The van der Waals surface area contributed by atoms with E-state index in [0.717, 1.165) is 0 Å². The minimum absolute atomic E-state index is 0.0278. The van der Waals surface area contributed by atoms with Crippen LogP contribution in [0.25, 0.3) is 0 Å². The number of nitrogens with zero attached hydrogens (tertiary/aromatic N) is 1. The lowest BCUT2D eigenvalue weighted by molar-refractivity contribution is -0.126. The van der Waals surface area contributed by atoms with Gasteiger partial charge in [-0.05, 0) is 60.7 Å². The first-order chi connectivity index (χ1) is 13.4. The van der Waals surface area contributed by atoms with Gasteiger partial charge >= 0.3 is 0 Å². The lowest BCUT2D eigenvalue weighted by Gasteiger charge is -2.31. The number of halogens is 2. The van der Waals surface area contributed by atoms with Crippen molar-refractivity contribution in [3.8, 4) is 0 Å². The molecule has 0 saturated carbocycles. The Bertz CT molecular complexity index is 873. The number of benzene rings is 1. The van der Waals surface area contributed by atoms with Crippen LogP contribution in [-0.2, 0) is 11.2 Å². The van der Waals surface area contributed by atoms with Gasteiger partial charge in [0.1, 0.15) is 17.3 Å². The number of piperidine rings is 1. The van der Waals surface area contributed by atoms with E-state index in [4.69, 9.17) is 4.42 Å². The molecule has 1 fully saturated rings. The zero-order chi connectivity index (χ0) is 20.3. The highest BCUT2D eigenvalue weighted by atomic mass is 79.9. The van der Waals surface area contributed by atoms with Gasteiger partial charge in [0, 0.05) is 25.6 Å². The maximum Gasteiger partial charge on any atom is 0.258 e. The van der Waals surface area contributed by atoms with Gasteiger partial charge in [-0.3, -0.25) is 9.59 Å². The molecule has 0 spiro atoms. The first kappa shape index (κ1) is 20.6. The van der Waals surface area contributed by atoms with Crippen molar-refractivity contribution < 1.29 is 18.4 Å². The summed E-state index contributed by atoms with van der Waals surface area (Å²) in [6.07, 6.45) is 1.69. The summed E-state index contributed by atoms with van der Waals surface area (Å²) in [6.45, 7) is 5.05. The average molecular weight is 451 g/mol. The maximum absolute atomic E-state index is 13.6. The molecule has 2 amide bonds. The summed E-state index contributed by atoms with van der Waals surface area (Å²) in [5.41, 5.74) is 1.16. The van der Waals surface area contributed by atoms with E-state index in [0.29, 0.717) is 66.0 Å². The van der Waals surface area contributed by atoms with Crippen molar-refractivity contribution in [1.82, 2.24) is 10.2 Å². The topological polar surface area (TPSA) is 62.6 Å². The molecule has 0 atom stereocenters. The number of carbonyl (C=O) groups excluding carboxylic acids is 2. The van der Waals surface area contributed by atoms with Gasteiger partial charge in [0.2, 0.25) is 5.91 Å². The van der Waals surface area contributed by atoms with Gasteiger partial charge in [-0.15, -0.1) is 0 Å². The highest BCUT2D eigenvalue weighted by molar-refractivity contribution is 9.10. The molecule has 0 aliphatic carbocycles. The van der Waals surface area contributed by atoms with Crippen LogP contribution in [0.1, 0.15) is 40.3 Å². The second-order valence-corrected chi connectivity index (χ2v) is 7.90. The molecule has 5 nitrogen and oxygen atoms in total. The smallest absolute Gasteiger partial charge is 0.258 e. The van der Waals surface area contributed by atoms with Gasteiger partial charge in [0.15, 0.2) is 0 Å². The zero-order valence-corrected chi connectivity index (χ0v) is 17.6. The minimum atomic E-state index is -0.250. The molecule has 0 radical (unpaired) electrons. The van der Waals surface area contributed by atoms with E-state index >= 15 is 0 Å². The number of hydrogen-bond acceptors (Lipinski definition) is 3. The number of amides is 2. The fourth-order valence-corrected chi connectivity index (χ4v) is 4.10. The van der Waals surface area contributed by atoms with E-state index in [2.05, 4.69) is 21.2 Å². The monoisotopic (exact) mass is 450 g/mol. The van der Waals surface area contributed by atoms with Gasteiger partial charge in [0.05, 0.1) is 10.0 Å². The molecule has 1 aromatic carbocycles. The molecule has 1 N–H and O–H groups in total. The molecule has 0 bridgehead atoms. The van der Waals surface area contributed by atoms with Gasteiger partial charge < -0.3 is 14.6 Å². The summed E-state index contributed by atoms with van der Waals surface area (Å²) in [5.74, 6) is 0.812. The quantitative estimate of drug-likeness (QED) is 0.748. The molecule has 2 aromatic rings. The minimum Gasteiger partial charge on any atom is -0.465 e. The van der Waals surface area contributed by atoms with Crippen LogP contribution in [-0.4, -0.2) is 36.3 Å².